The van der Waals surface area contributed by atoms with E-state index in [0.717, 1.165) is 20.7 Å². The Kier molecular flexibility index (Phi) is 5.43. The lowest BCUT2D eigenvalue weighted by Crippen LogP contribution is -2.34. The van der Waals surface area contributed by atoms with Crippen molar-refractivity contribution in [3.8, 4) is 10.6 Å². The Balaban J connectivity index is 1.56. The highest BCUT2D eigenvalue weighted by Gasteiger charge is 2.29. The molecule has 1 aromatic carbocycles. The van der Waals surface area contributed by atoms with Crippen LogP contribution < -0.4 is 11.1 Å². The monoisotopic (exact) mass is 476 g/mol. The number of hydrogen-bond acceptors (Lipinski definition) is 6. The summed E-state index contributed by atoms with van der Waals surface area (Å²) in [4.78, 5) is 45.8. The lowest BCUT2D eigenvalue weighted by molar-refractivity contribution is -0.129. The number of pyridine rings is 1. The number of nitrogens with one attached hydrogen (secondary N) is 1. The van der Waals surface area contributed by atoms with E-state index in [9.17, 15) is 14.4 Å². The molecule has 0 unspecified atom stereocenters. The number of carbonyl (C=O) groups excluding carboxylic acids is 3. The van der Waals surface area contributed by atoms with E-state index >= 15 is 0 Å². The molecule has 3 amide bonds. The number of primary amides is 1. The van der Waals surface area contributed by atoms with Crippen LogP contribution in [0.5, 0.6) is 0 Å². The van der Waals surface area contributed by atoms with Gasteiger partial charge in [-0.25, -0.2) is 4.98 Å². The van der Waals surface area contributed by atoms with Gasteiger partial charge in [-0.1, -0.05) is 24.3 Å². The standard InChI is InChI=1S/C24H20N4O3S2/c1-13(29)28-9-8-15-20(12-28)33-24(21(15)22(25)30)27-23(31)16-11-18(19-7-4-10-32-19)26-17-6-3-2-5-14(16)17/h2-7,10-11H,8-9,12H2,1H3,(H2,25,30)(H,27,31). The zero-order valence-electron chi connectivity index (χ0n) is 17.8. The topological polar surface area (TPSA) is 105 Å². The molecule has 0 fully saturated rings. The number of nitrogens with zero attached hydrogens (tertiary/aromatic N) is 2. The van der Waals surface area contributed by atoms with E-state index < -0.39 is 5.91 Å². The summed E-state index contributed by atoms with van der Waals surface area (Å²) in [6.45, 7) is 2.45. The summed E-state index contributed by atoms with van der Waals surface area (Å²) >= 11 is 2.85. The number of nitrogens with two attached hydrogens (primary N) is 1. The molecule has 0 saturated heterocycles. The predicted molar refractivity (Wildman–Crippen MR) is 131 cm³/mol. The number of thiophene rings is 2. The van der Waals surface area contributed by atoms with E-state index in [2.05, 4.69) is 5.32 Å². The summed E-state index contributed by atoms with van der Waals surface area (Å²) in [5.41, 5.74) is 8.75. The number of rotatable bonds is 4. The fourth-order valence-corrected chi connectivity index (χ4v) is 6.06. The zero-order valence-corrected chi connectivity index (χ0v) is 19.4. The van der Waals surface area contributed by atoms with Gasteiger partial charge in [0.25, 0.3) is 11.8 Å². The Morgan fingerprint density at radius 2 is 1.97 bits per heavy atom. The minimum atomic E-state index is -0.585. The maximum Gasteiger partial charge on any atom is 0.257 e. The molecule has 0 aliphatic carbocycles. The summed E-state index contributed by atoms with van der Waals surface area (Å²) in [6, 6.07) is 13.2. The largest absolute Gasteiger partial charge is 0.365 e. The Morgan fingerprint density at radius 1 is 1.15 bits per heavy atom. The molecule has 5 rings (SSSR count). The molecule has 33 heavy (non-hydrogen) atoms. The van der Waals surface area contributed by atoms with Crippen molar-refractivity contribution in [1.82, 2.24) is 9.88 Å². The van der Waals surface area contributed by atoms with Crippen LogP contribution in [0.3, 0.4) is 0 Å². The first kappa shape index (κ1) is 21.3. The molecule has 0 saturated carbocycles. The van der Waals surface area contributed by atoms with Gasteiger partial charge in [0.15, 0.2) is 0 Å². The second-order valence-electron chi connectivity index (χ2n) is 7.77. The number of fused-ring (bicyclic) bond motifs is 2. The summed E-state index contributed by atoms with van der Waals surface area (Å²) in [7, 11) is 0. The fraction of sp³-hybridized carbons (Fsp3) is 0.167. The number of benzene rings is 1. The lowest BCUT2D eigenvalue weighted by Gasteiger charge is -2.25. The summed E-state index contributed by atoms with van der Waals surface area (Å²) in [5, 5.41) is 6.03. The third-order valence-electron chi connectivity index (χ3n) is 5.71. The van der Waals surface area contributed by atoms with Crippen LogP contribution in [0.25, 0.3) is 21.5 Å². The summed E-state index contributed by atoms with van der Waals surface area (Å²) < 4.78 is 0. The second-order valence-corrected chi connectivity index (χ2v) is 9.82. The average molecular weight is 477 g/mol. The van der Waals surface area contributed by atoms with Gasteiger partial charge in [0.05, 0.1) is 33.8 Å². The van der Waals surface area contributed by atoms with Gasteiger partial charge in [0.1, 0.15) is 5.00 Å². The number of amides is 3. The summed E-state index contributed by atoms with van der Waals surface area (Å²) in [6.07, 6.45) is 0.528. The minimum Gasteiger partial charge on any atom is -0.365 e. The van der Waals surface area contributed by atoms with Crippen LogP contribution in [0.2, 0.25) is 0 Å². The third-order valence-corrected chi connectivity index (χ3v) is 7.73. The first-order chi connectivity index (χ1) is 15.9. The average Bonchev–Trinajstić information content (AvgIpc) is 3.45. The van der Waals surface area contributed by atoms with Crippen LogP contribution in [-0.2, 0) is 17.8 Å². The Hall–Kier alpha value is -3.56. The normalized spacial score (nSPS) is 13.1. The number of para-hydroxylation sites is 1. The first-order valence-electron chi connectivity index (χ1n) is 10.4. The highest BCUT2D eigenvalue weighted by atomic mass is 32.1. The number of anilines is 1. The second kappa shape index (κ2) is 8.42. The van der Waals surface area contributed by atoms with Crippen molar-refractivity contribution >= 4 is 56.3 Å². The smallest absolute Gasteiger partial charge is 0.257 e. The summed E-state index contributed by atoms with van der Waals surface area (Å²) in [5.74, 6) is -0.946. The van der Waals surface area contributed by atoms with Gasteiger partial charge < -0.3 is 16.0 Å². The van der Waals surface area contributed by atoms with Gasteiger partial charge in [-0.05, 0) is 35.6 Å². The van der Waals surface area contributed by atoms with Crippen LogP contribution in [-0.4, -0.2) is 34.2 Å². The van der Waals surface area contributed by atoms with Crippen molar-refractivity contribution in [2.24, 2.45) is 5.73 Å². The quantitative estimate of drug-likeness (QED) is 0.459. The first-order valence-corrected chi connectivity index (χ1v) is 12.1. The Bertz CT molecular complexity index is 1410. The van der Waals surface area contributed by atoms with Gasteiger partial charge in [0, 0.05) is 23.7 Å². The molecule has 7 nitrogen and oxygen atoms in total. The highest BCUT2D eigenvalue weighted by Crippen LogP contribution is 2.37. The lowest BCUT2D eigenvalue weighted by atomic mass is 10.0. The Morgan fingerprint density at radius 3 is 2.70 bits per heavy atom. The van der Waals surface area contributed by atoms with Gasteiger partial charge in [-0.3, -0.25) is 14.4 Å². The van der Waals surface area contributed by atoms with Crippen LogP contribution in [0.1, 0.15) is 38.1 Å². The van der Waals surface area contributed by atoms with Crippen molar-refractivity contribution < 1.29 is 14.4 Å². The number of aromatic nitrogens is 1. The van der Waals surface area contributed by atoms with Crippen molar-refractivity contribution in [3.63, 3.8) is 0 Å². The number of hydrogen-bond donors (Lipinski definition) is 2. The van der Waals surface area contributed by atoms with Crippen molar-refractivity contribution in [3.05, 3.63) is 69.4 Å². The predicted octanol–water partition coefficient (Wildman–Crippen LogP) is 4.28. The molecule has 1 aliphatic heterocycles. The molecular weight excluding hydrogens is 456 g/mol. The number of carbonyl (C=O) groups is 3. The van der Waals surface area contributed by atoms with Crippen molar-refractivity contribution in [1.29, 1.82) is 0 Å². The molecule has 166 valence electrons. The molecule has 0 atom stereocenters. The Labute approximate surface area is 197 Å². The molecular formula is C24H20N4O3S2. The maximum atomic E-state index is 13.5. The van der Waals surface area contributed by atoms with Gasteiger partial charge in [0.2, 0.25) is 5.91 Å². The van der Waals surface area contributed by atoms with Crippen molar-refractivity contribution in [2.75, 3.05) is 11.9 Å². The van der Waals surface area contributed by atoms with E-state index in [0.29, 0.717) is 46.8 Å². The van der Waals surface area contributed by atoms with Crippen LogP contribution in [0, 0.1) is 0 Å². The van der Waals surface area contributed by atoms with Gasteiger partial charge in [-0.2, -0.15) is 0 Å². The molecule has 0 radical (unpaired) electrons. The SMILES string of the molecule is CC(=O)N1CCc2c(sc(NC(=O)c3cc(-c4cccs4)nc4ccccc34)c2C(N)=O)C1. The molecule has 0 spiro atoms. The van der Waals surface area contributed by atoms with Crippen LogP contribution in [0.15, 0.2) is 47.8 Å². The molecule has 9 heteroatoms. The molecule has 4 aromatic rings. The zero-order chi connectivity index (χ0) is 23.1. The van der Waals surface area contributed by atoms with E-state index in [1.807, 2.05) is 41.8 Å². The minimum absolute atomic E-state index is 0.0235. The van der Waals surface area contributed by atoms with Crippen molar-refractivity contribution in [2.45, 2.75) is 19.9 Å². The molecule has 1 aliphatic rings. The van der Waals surface area contributed by atoms with Gasteiger partial charge >= 0.3 is 0 Å². The van der Waals surface area contributed by atoms with E-state index in [1.165, 1.54) is 18.3 Å². The molecule has 3 N–H and O–H groups in total. The van der Waals surface area contributed by atoms with E-state index in [4.69, 9.17) is 10.7 Å². The highest BCUT2D eigenvalue weighted by molar-refractivity contribution is 7.17. The van der Waals surface area contributed by atoms with Crippen LogP contribution in [0.4, 0.5) is 5.00 Å². The van der Waals surface area contributed by atoms with Crippen LogP contribution >= 0.6 is 22.7 Å². The molecule has 4 heterocycles. The third kappa shape index (κ3) is 3.90. The van der Waals surface area contributed by atoms with E-state index in [-0.39, 0.29) is 11.8 Å². The fourth-order valence-electron chi connectivity index (χ4n) is 4.11. The maximum absolute atomic E-state index is 13.5. The van der Waals surface area contributed by atoms with Gasteiger partial charge in [-0.15, -0.1) is 22.7 Å². The molecule has 0 bridgehead atoms. The molecule has 3 aromatic heterocycles. The van der Waals surface area contributed by atoms with E-state index in [1.54, 1.807) is 22.3 Å².